The number of hydrogen-bond acceptors (Lipinski definition) is 3. The summed E-state index contributed by atoms with van der Waals surface area (Å²) in [4.78, 5) is 11.2. The summed E-state index contributed by atoms with van der Waals surface area (Å²) in [6, 6.07) is 1.75. The molecule has 1 fully saturated rings. The van der Waals surface area contributed by atoms with E-state index in [-0.39, 0.29) is 6.10 Å². The van der Waals surface area contributed by atoms with E-state index in [1.807, 2.05) is 0 Å². The van der Waals surface area contributed by atoms with Gasteiger partial charge < -0.3 is 9.84 Å². The van der Waals surface area contributed by atoms with Gasteiger partial charge in [0.15, 0.2) is 4.88 Å². The highest BCUT2D eigenvalue weighted by Gasteiger charge is 2.19. The Morgan fingerprint density at radius 3 is 2.80 bits per heavy atom. The molecule has 1 heterocycles. The van der Waals surface area contributed by atoms with E-state index in [9.17, 15) is 4.79 Å². The Balaban J connectivity index is 2.03. The van der Waals surface area contributed by atoms with Crippen LogP contribution >= 0.6 is 11.3 Å². The van der Waals surface area contributed by atoms with Gasteiger partial charge in [-0.25, -0.2) is 4.79 Å². The number of thiophene rings is 1. The standard InChI is InChI=1S/C11H14O3S/c12-11(13)10-9(6-7-15-10)14-8-4-2-1-3-5-8/h6-8H,1-5H2,(H,12,13). The highest BCUT2D eigenvalue weighted by Crippen LogP contribution is 2.29. The quantitative estimate of drug-likeness (QED) is 0.861. The molecule has 0 unspecified atom stereocenters. The zero-order chi connectivity index (χ0) is 10.7. The van der Waals surface area contributed by atoms with Crippen molar-refractivity contribution in [1.29, 1.82) is 0 Å². The SMILES string of the molecule is O=C(O)c1sccc1OC1CCCCC1. The van der Waals surface area contributed by atoms with Crippen LogP contribution in [-0.2, 0) is 0 Å². The molecule has 0 radical (unpaired) electrons. The van der Waals surface area contributed by atoms with E-state index < -0.39 is 5.97 Å². The minimum atomic E-state index is -0.893. The lowest BCUT2D eigenvalue weighted by molar-refractivity contribution is 0.0692. The molecule has 4 heteroatoms. The van der Waals surface area contributed by atoms with Crippen molar-refractivity contribution in [3.63, 3.8) is 0 Å². The fourth-order valence-electron chi connectivity index (χ4n) is 1.91. The Labute approximate surface area is 92.7 Å². The van der Waals surface area contributed by atoms with E-state index in [1.54, 1.807) is 11.4 Å². The third kappa shape index (κ3) is 2.50. The Bertz CT molecular complexity index is 339. The second-order valence-electron chi connectivity index (χ2n) is 3.80. The van der Waals surface area contributed by atoms with Crippen molar-refractivity contribution < 1.29 is 14.6 Å². The Morgan fingerprint density at radius 1 is 1.40 bits per heavy atom. The highest BCUT2D eigenvalue weighted by molar-refractivity contribution is 7.12. The molecule has 0 amide bonds. The average Bonchev–Trinajstić information content (AvgIpc) is 2.67. The van der Waals surface area contributed by atoms with Gasteiger partial charge in [0.1, 0.15) is 5.75 Å². The number of rotatable bonds is 3. The van der Waals surface area contributed by atoms with Crippen molar-refractivity contribution in [1.82, 2.24) is 0 Å². The van der Waals surface area contributed by atoms with Gasteiger partial charge in [-0.1, -0.05) is 6.42 Å². The summed E-state index contributed by atoms with van der Waals surface area (Å²) in [6.07, 6.45) is 5.97. The van der Waals surface area contributed by atoms with Gasteiger partial charge in [-0.05, 0) is 37.1 Å². The second kappa shape index (κ2) is 4.66. The lowest BCUT2D eigenvalue weighted by Crippen LogP contribution is -2.20. The molecule has 0 atom stereocenters. The molecule has 1 aromatic rings. The van der Waals surface area contributed by atoms with Crippen molar-refractivity contribution in [2.75, 3.05) is 0 Å². The first-order chi connectivity index (χ1) is 7.27. The van der Waals surface area contributed by atoms with Gasteiger partial charge in [0, 0.05) is 0 Å². The largest absolute Gasteiger partial charge is 0.489 e. The molecular weight excluding hydrogens is 212 g/mol. The van der Waals surface area contributed by atoms with Gasteiger partial charge >= 0.3 is 5.97 Å². The van der Waals surface area contributed by atoms with Crippen LogP contribution in [0.2, 0.25) is 0 Å². The topological polar surface area (TPSA) is 46.5 Å². The van der Waals surface area contributed by atoms with Gasteiger partial charge in [0.25, 0.3) is 0 Å². The van der Waals surface area contributed by atoms with Crippen molar-refractivity contribution >= 4 is 17.3 Å². The van der Waals surface area contributed by atoms with Crippen LogP contribution in [-0.4, -0.2) is 17.2 Å². The normalized spacial score (nSPS) is 17.6. The number of carbonyl (C=O) groups is 1. The maximum Gasteiger partial charge on any atom is 0.349 e. The third-order valence-corrected chi connectivity index (χ3v) is 3.55. The number of ether oxygens (including phenoxy) is 1. The van der Waals surface area contributed by atoms with Crippen LogP contribution in [0.1, 0.15) is 41.8 Å². The van der Waals surface area contributed by atoms with Crippen molar-refractivity contribution in [3.8, 4) is 5.75 Å². The molecule has 0 bridgehead atoms. The molecule has 15 heavy (non-hydrogen) atoms. The Kier molecular flexibility index (Phi) is 3.26. The summed E-state index contributed by atoms with van der Waals surface area (Å²) in [7, 11) is 0. The smallest absolute Gasteiger partial charge is 0.349 e. The molecule has 1 aliphatic rings. The van der Waals surface area contributed by atoms with Crippen LogP contribution in [0.25, 0.3) is 0 Å². The molecule has 1 aromatic heterocycles. The third-order valence-electron chi connectivity index (χ3n) is 2.67. The van der Waals surface area contributed by atoms with Gasteiger partial charge in [0.2, 0.25) is 0 Å². The molecule has 1 aliphatic carbocycles. The Hall–Kier alpha value is -1.03. The van der Waals surface area contributed by atoms with Crippen LogP contribution < -0.4 is 4.74 Å². The first-order valence-corrected chi connectivity index (χ1v) is 6.13. The molecule has 0 aromatic carbocycles. The molecular formula is C11H14O3S. The lowest BCUT2D eigenvalue weighted by atomic mass is 9.98. The average molecular weight is 226 g/mol. The minimum Gasteiger partial charge on any atom is -0.489 e. The first kappa shape index (κ1) is 10.5. The molecule has 1 saturated carbocycles. The summed E-state index contributed by atoms with van der Waals surface area (Å²) < 4.78 is 5.72. The van der Waals surface area contributed by atoms with E-state index in [1.165, 1.54) is 30.6 Å². The number of hydrogen-bond donors (Lipinski definition) is 1. The van der Waals surface area contributed by atoms with Gasteiger partial charge in [-0.3, -0.25) is 0 Å². The van der Waals surface area contributed by atoms with E-state index in [4.69, 9.17) is 9.84 Å². The number of aromatic carboxylic acids is 1. The highest BCUT2D eigenvalue weighted by atomic mass is 32.1. The second-order valence-corrected chi connectivity index (χ2v) is 4.71. The van der Waals surface area contributed by atoms with Crippen LogP contribution in [0.15, 0.2) is 11.4 Å². The summed E-state index contributed by atoms with van der Waals surface area (Å²) in [5, 5.41) is 10.7. The van der Waals surface area contributed by atoms with Crippen molar-refractivity contribution in [2.24, 2.45) is 0 Å². The maximum atomic E-state index is 10.9. The number of carboxylic acid groups (broad SMARTS) is 1. The zero-order valence-electron chi connectivity index (χ0n) is 8.44. The molecule has 0 saturated heterocycles. The Morgan fingerprint density at radius 2 is 2.13 bits per heavy atom. The van der Waals surface area contributed by atoms with Crippen LogP contribution in [0.5, 0.6) is 5.75 Å². The monoisotopic (exact) mass is 226 g/mol. The summed E-state index contributed by atoms with van der Waals surface area (Å²) in [5.74, 6) is -0.352. The van der Waals surface area contributed by atoms with E-state index in [0.717, 1.165) is 12.8 Å². The zero-order valence-corrected chi connectivity index (χ0v) is 9.26. The minimum absolute atomic E-state index is 0.214. The van der Waals surface area contributed by atoms with Gasteiger partial charge in [0.05, 0.1) is 6.10 Å². The summed E-state index contributed by atoms with van der Waals surface area (Å²) in [6.45, 7) is 0. The van der Waals surface area contributed by atoms with E-state index in [0.29, 0.717) is 10.6 Å². The predicted octanol–water partition coefficient (Wildman–Crippen LogP) is 3.16. The summed E-state index contributed by atoms with van der Waals surface area (Å²) in [5.41, 5.74) is 0. The van der Waals surface area contributed by atoms with Crippen LogP contribution in [0.3, 0.4) is 0 Å². The van der Waals surface area contributed by atoms with E-state index in [2.05, 4.69) is 0 Å². The summed E-state index contributed by atoms with van der Waals surface area (Å²) >= 11 is 1.22. The molecule has 0 aliphatic heterocycles. The van der Waals surface area contributed by atoms with E-state index >= 15 is 0 Å². The maximum absolute atomic E-state index is 10.9. The molecule has 3 nitrogen and oxygen atoms in total. The molecule has 82 valence electrons. The predicted molar refractivity (Wildman–Crippen MR) is 58.8 cm³/mol. The van der Waals surface area contributed by atoms with Crippen LogP contribution in [0, 0.1) is 0 Å². The first-order valence-electron chi connectivity index (χ1n) is 5.25. The van der Waals surface area contributed by atoms with Crippen molar-refractivity contribution in [2.45, 2.75) is 38.2 Å². The molecule has 2 rings (SSSR count). The van der Waals surface area contributed by atoms with Gasteiger partial charge in [-0.2, -0.15) is 0 Å². The molecule has 0 spiro atoms. The van der Waals surface area contributed by atoms with Crippen molar-refractivity contribution in [3.05, 3.63) is 16.3 Å². The fourth-order valence-corrected chi connectivity index (χ4v) is 2.57. The molecule has 1 N–H and O–H groups in total. The van der Waals surface area contributed by atoms with Crippen LogP contribution in [0.4, 0.5) is 0 Å². The van der Waals surface area contributed by atoms with Gasteiger partial charge in [-0.15, -0.1) is 11.3 Å². The number of carboxylic acids is 1. The fraction of sp³-hybridized carbons (Fsp3) is 0.545. The lowest BCUT2D eigenvalue weighted by Gasteiger charge is -2.22.